The van der Waals surface area contributed by atoms with E-state index >= 15 is 0 Å². The summed E-state index contributed by atoms with van der Waals surface area (Å²) in [5.41, 5.74) is 3.87. The molecule has 1 heterocycles. The molecule has 0 fully saturated rings. The Hall–Kier alpha value is -1.09. The van der Waals surface area contributed by atoms with E-state index in [0.717, 1.165) is 32.8 Å². The summed E-state index contributed by atoms with van der Waals surface area (Å²) in [6.45, 7) is 3.98. The number of aromatic amines is 1. The quantitative estimate of drug-likeness (QED) is 0.775. The van der Waals surface area contributed by atoms with Gasteiger partial charge in [-0.25, -0.2) is 0 Å². The Kier molecular flexibility index (Phi) is 2.19. The molecule has 2 rings (SSSR count). The van der Waals surface area contributed by atoms with E-state index < -0.39 is 0 Å². The highest BCUT2D eigenvalue weighted by molar-refractivity contribution is 9.10. The number of nitrogens with one attached hydrogen (secondary N) is 1. The van der Waals surface area contributed by atoms with Crippen molar-refractivity contribution in [2.45, 2.75) is 13.8 Å². The van der Waals surface area contributed by atoms with Gasteiger partial charge < -0.3 is 4.98 Å². The van der Waals surface area contributed by atoms with Crippen molar-refractivity contribution in [3.05, 3.63) is 33.4 Å². The molecule has 0 amide bonds. The zero-order valence-electron chi connectivity index (χ0n) is 8.02. The number of halogens is 1. The van der Waals surface area contributed by atoms with Crippen LogP contribution in [0.4, 0.5) is 0 Å². The first-order valence-corrected chi connectivity index (χ1v) is 5.16. The Labute approximate surface area is 90.4 Å². The van der Waals surface area contributed by atoms with Crippen molar-refractivity contribution in [1.82, 2.24) is 4.98 Å². The average molecular weight is 252 g/mol. The highest BCUT2D eigenvalue weighted by Gasteiger charge is 2.08. The van der Waals surface area contributed by atoms with Gasteiger partial charge in [0.05, 0.1) is 5.69 Å². The maximum absolute atomic E-state index is 10.8. The highest BCUT2D eigenvalue weighted by atomic mass is 79.9. The fourth-order valence-corrected chi connectivity index (χ4v) is 2.27. The molecule has 0 atom stereocenters. The Morgan fingerprint density at radius 2 is 2.07 bits per heavy atom. The third-order valence-corrected chi connectivity index (χ3v) is 2.94. The van der Waals surface area contributed by atoms with Gasteiger partial charge in [0, 0.05) is 15.4 Å². The van der Waals surface area contributed by atoms with E-state index in [-0.39, 0.29) is 0 Å². The largest absolute Gasteiger partial charge is 0.352 e. The van der Waals surface area contributed by atoms with Gasteiger partial charge in [-0.15, -0.1) is 0 Å². The Bertz CT molecular complexity index is 513. The van der Waals surface area contributed by atoms with Gasteiger partial charge in [0.2, 0.25) is 0 Å². The predicted molar refractivity (Wildman–Crippen MR) is 60.9 cm³/mol. The molecule has 0 aliphatic rings. The molecule has 0 radical (unpaired) electrons. The SMILES string of the molecule is Cc1c(C=O)[nH]c2c(C)cc(Br)cc12. The highest BCUT2D eigenvalue weighted by Crippen LogP contribution is 2.27. The van der Waals surface area contributed by atoms with Crippen molar-refractivity contribution in [3.63, 3.8) is 0 Å². The number of benzene rings is 1. The minimum Gasteiger partial charge on any atom is -0.352 e. The molecular formula is C11H10BrNO. The fraction of sp³-hybridized carbons (Fsp3) is 0.182. The number of carbonyl (C=O) groups is 1. The van der Waals surface area contributed by atoms with Crippen molar-refractivity contribution in [1.29, 1.82) is 0 Å². The molecule has 1 N–H and O–H groups in total. The Morgan fingerprint density at radius 3 is 2.71 bits per heavy atom. The third kappa shape index (κ3) is 1.28. The smallest absolute Gasteiger partial charge is 0.166 e. The summed E-state index contributed by atoms with van der Waals surface area (Å²) in [6, 6.07) is 4.06. The molecule has 0 saturated carbocycles. The number of hydrogen-bond acceptors (Lipinski definition) is 1. The second kappa shape index (κ2) is 3.24. The van der Waals surface area contributed by atoms with Crippen LogP contribution in [0.3, 0.4) is 0 Å². The number of H-pyrrole nitrogens is 1. The molecule has 0 bridgehead atoms. The van der Waals surface area contributed by atoms with Gasteiger partial charge in [0.15, 0.2) is 6.29 Å². The lowest BCUT2D eigenvalue weighted by atomic mass is 10.1. The van der Waals surface area contributed by atoms with Gasteiger partial charge in [-0.05, 0) is 37.1 Å². The Morgan fingerprint density at radius 1 is 1.36 bits per heavy atom. The van der Waals surface area contributed by atoms with Gasteiger partial charge in [-0.2, -0.15) is 0 Å². The molecule has 0 unspecified atom stereocenters. The number of aryl methyl sites for hydroxylation is 2. The van der Waals surface area contributed by atoms with E-state index in [0.29, 0.717) is 5.69 Å². The molecule has 0 aliphatic heterocycles. The lowest BCUT2D eigenvalue weighted by molar-refractivity contribution is 0.111. The van der Waals surface area contributed by atoms with Gasteiger partial charge in [0.25, 0.3) is 0 Å². The van der Waals surface area contributed by atoms with E-state index in [4.69, 9.17) is 0 Å². The summed E-state index contributed by atoms with van der Waals surface area (Å²) in [7, 11) is 0. The number of carbonyl (C=O) groups excluding carboxylic acids is 1. The first-order chi connectivity index (χ1) is 6.63. The summed E-state index contributed by atoms with van der Waals surface area (Å²) in [6.07, 6.45) is 0.864. The van der Waals surface area contributed by atoms with Crippen LogP contribution in [-0.4, -0.2) is 11.3 Å². The monoisotopic (exact) mass is 251 g/mol. The van der Waals surface area contributed by atoms with Gasteiger partial charge in [-0.1, -0.05) is 15.9 Å². The van der Waals surface area contributed by atoms with Crippen molar-refractivity contribution in [3.8, 4) is 0 Å². The van der Waals surface area contributed by atoms with Crippen LogP contribution in [0.2, 0.25) is 0 Å². The second-order valence-corrected chi connectivity index (χ2v) is 4.34. The molecule has 2 nitrogen and oxygen atoms in total. The first-order valence-electron chi connectivity index (χ1n) is 4.37. The summed E-state index contributed by atoms with van der Waals surface area (Å²) in [4.78, 5) is 13.9. The Balaban J connectivity index is 2.91. The van der Waals surface area contributed by atoms with E-state index in [2.05, 4.69) is 20.9 Å². The molecule has 72 valence electrons. The van der Waals surface area contributed by atoms with Crippen LogP contribution in [0.15, 0.2) is 16.6 Å². The van der Waals surface area contributed by atoms with Crippen LogP contribution in [0.5, 0.6) is 0 Å². The normalized spacial score (nSPS) is 10.8. The van der Waals surface area contributed by atoms with Crippen molar-refractivity contribution in [2.24, 2.45) is 0 Å². The molecule has 0 aliphatic carbocycles. The second-order valence-electron chi connectivity index (χ2n) is 3.43. The van der Waals surface area contributed by atoms with E-state index in [1.165, 1.54) is 0 Å². The predicted octanol–water partition coefficient (Wildman–Crippen LogP) is 3.36. The van der Waals surface area contributed by atoms with Gasteiger partial charge >= 0.3 is 0 Å². The molecule has 1 aromatic carbocycles. The van der Waals surface area contributed by atoms with Crippen molar-refractivity contribution < 1.29 is 4.79 Å². The zero-order valence-corrected chi connectivity index (χ0v) is 9.60. The van der Waals surface area contributed by atoms with E-state index in [1.807, 2.05) is 26.0 Å². The number of hydrogen-bond donors (Lipinski definition) is 1. The summed E-state index contributed by atoms with van der Waals surface area (Å²) >= 11 is 3.45. The van der Waals surface area contributed by atoms with Gasteiger partial charge in [0.1, 0.15) is 0 Å². The van der Waals surface area contributed by atoms with Crippen molar-refractivity contribution >= 4 is 33.1 Å². The molecule has 2 aromatic rings. The van der Waals surface area contributed by atoms with Crippen LogP contribution in [0.1, 0.15) is 21.6 Å². The van der Waals surface area contributed by atoms with Crippen LogP contribution >= 0.6 is 15.9 Å². The summed E-state index contributed by atoms with van der Waals surface area (Å²) in [5.74, 6) is 0. The lowest BCUT2D eigenvalue weighted by Gasteiger charge is -1.97. The fourth-order valence-electron chi connectivity index (χ4n) is 1.70. The molecule has 0 saturated heterocycles. The van der Waals surface area contributed by atoms with Gasteiger partial charge in [-0.3, -0.25) is 4.79 Å². The minimum absolute atomic E-state index is 0.668. The molecule has 14 heavy (non-hydrogen) atoms. The van der Waals surface area contributed by atoms with Crippen LogP contribution < -0.4 is 0 Å². The van der Waals surface area contributed by atoms with Crippen LogP contribution in [0, 0.1) is 13.8 Å². The lowest BCUT2D eigenvalue weighted by Crippen LogP contribution is -1.80. The van der Waals surface area contributed by atoms with Crippen LogP contribution in [0.25, 0.3) is 10.9 Å². The number of fused-ring (bicyclic) bond motifs is 1. The topological polar surface area (TPSA) is 32.9 Å². The molecule has 3 heteroatoms. The standard InChI is InChI=1S/C11H10BrNO/c1-6-3-8(12)4-9-7(2)10(5-14)13-11(6)9/h3-5,13H,1-2H3. The molecular weight excluding hydrogens is 242 g/mol. The number of rotatable bonds is 1. The van der Waals surface area contributed by atoms with Crippen molar-refractivity contribution in [2.75, 3.05) is 0 Å². The first kappa shape index (κ1) is 9.46. The third-order valence-electron chi connectivity index (χ3n) is 2.49. The minimum atomic E-state index is 0.668. The summed E-state index contributed by atoms with van der Waals surface area (Å²) in [5, 5.41) is 1.11. The summed E-state index contributed by atoms with van der Waals surface area (Å²) < 4.78 is 1.04. The van der Waals surface area contributed by atoms with E-state index in [1.54, 1.807) is 0 Å². The van der Waals surface area contributed by atoms with E-state index in [9.17, 15) is 4.79 Å². The average Bonchev–Trinajstić information content (AvgIpc) is 2.44. The number of aldehydes is 1. The number of aromatic nitrogens is 1. The van der Waals surface area contributed by atoms with Crippen LogP contribution in [-0.2, 0) is 0 Å². The maximum Gasteiger partial charge on any atom is 0.166 e. The zero-order chi connectivity index (χ0) is 10.3. The molecule has 1 aromatic heterocycles. The molecule has 0 spiro atoms. The maximum atomic E-state index is 10.8.